The molecule has 1 aliphatic rings. The van der Waals surface area contributed by atoms with Crippen molar-refractivity contribution < 1.29 is 9.90 Å². The molecule has 16 heavy (non-hydrogen) atoms. The molecule has 2 N–H and O–H groups in total. The average molecular weight is 215 g/mol. The zero-order valence-corrected chi connectivity index (χ0v) is 8.86. The summed E-state index contributed by atoms with van der Waals surface area (Å²) in [5.74, 6) is 5.32. The zero-order valence-electron chi connectivity index (χ0n) is 8.86. The predicted octanol–water partition coefficient (Wildman–Crippen LogP) is 0.923. The topological polar surface area (TPSA) is 49.3 Å². The number of aliphatic hydroxyl groups excluding tert-OH is 1. The summed E-state index contributed by atoms with van der Waals surface area (Å²) in [5, 5.41) is 11.5. The molecule has 3 nitrogen and oxygen atoms in total. The maximum absolute atomic E-state index is 11.6. The van der Waals surface area contributed by atoms with Crippen molar-refractivity contribution in [3.63, 3.8) is 0 Å². The third kappa shape index (κ3) is 2.85. The van der Waals surface area contributed by atoms with Crippen LogP contribution in [-0.4, -0.2) is 23.7 Å². The van der Waals surface area contributed by atoms with E-state index in [0.29, 0.717) is 11.6 Å². The second-order valence-corrected chi connectivity index (χ2v) is 3.78. The van der Waals surface area contributed by atoms with Crippen molar-refractivity contribution in [2.24, 2.45) is 0 Å². The van der Waals surface area contributed by atoms with Crippen LogP contribution in [0, 0.1) is 11.8 Å². The maximum atomic E-state index is 11.6. The van der Waals surface area contributed by atoms with Gasteiger partial charge in [-0.15, -0.1) is 0 Å². The van der Waals surface area contributed by atoms with E-state index in [0.717, 1.165) is 18.4 Å². The second-order valence-electron chi connectivity index (χ2n) is 3.78. The maximum Gasteiger partial charge on any atom is 0.251 e. The van der Waals surface area contributed by atoms with Crippen molar-refractivity contribution in [1.29, 1.82) is 0 Å². The average Bonchev–Trinajstić information content (AvgIpc) is 3.11. The molecule has 3 heteroatoms. The van der Waals surface area contributed by atoms with Crippen molar-refractivity contribution >= 4 is 5.91 Å². The number of hydrogen-bond donors (Lipinski definition) is 2. The van der Waals surface area contributed by atoms with Gasteiger partial charge < -0.3 is 10.4 Å². The Morgan fingerprint density at radius 2 is 2.06 bits per heavy atom. The lowest BCUT2D eigenvalue weighted by Gasteiger charge is -2.02. The Kier molecular flexibility index (Phi) is 3.23. The number of hydrogen-bond acceptors (Lipinski definition) is 2. The van der Waals surface area contributed by atoms with Gasteiger partial charge in [-0.25, -0.2) is 0 Å². The first-order valence-electron chi connectivity index (χ1n) is 5.30. The lowest BCUT2D eigenvalue weighted by molar-refractivity contribution is 0.0951. The van der Waals surface area contributed by atoms with Gasteiger partial charge in [0.1, 0.15) is 6.61 Å². The summed E-state index contributed by atoms with van der Waals surface area (Å²) in [6.45, 7) is -0.149. The molecule has 0 spiro atoms. The molecule has 0 heterocycles. The molecule has 82 valence electrons. The van der Waals surface area contributed by atoms with Crippen LogP contribution in [-0.2, 0) is 0 Å². The Morgan fingerprint density at radius 3 is 2.62 bits per heavy atom. The van der Waals surface area contributed by atoms with Gasteiger partial charge in [-0.1, -0.05) is 11.8 Å². The normalized spacial score (nSPS) is 13.8. The molecule has 0 radical (unpaired) electrons. The molecular formula is C13H13NO2. The smallest absolute Gasteiger partial charge is 0.251 e. The van der Waals surface area contributed by atoms with Gasteiger partial charge in [0, 0.05) is 17.2 Å². The summed E-state index contributed by atoms with van der Waals surface area (Å²) in [6, 6.07) is 7.44. The van der Waals surface area contributed by atoms with E-state index in [1.807, 2.05) is 0 Å². The Labute approximate surface area is 94.5 Å². The first kappa shape index (κ1) is 10.7. The van der Waals surface area contributed by atoms with E-state index in [-0.39, 0.29) is 12.5 Å². The third-order valence-electron chi connectivity index (χ3n) is 2.37. The third-order valence-corrected chi connectivity index (χ3v) is 2.37. The molecule has 1 saturated carbocycles. The van der Waals surface area contributed by atoms with E-state index in [4.69, 9.17) is 5.11 Å². The highest BCUT2D eigenvalue weighted by atomic mass is 16.2. The van der Waals surface area contributed by atoms with E-state index in [1.54, 1.807) is 24.3 Å². The van der Waals surface area contributed by atoms with Gasteiger partial charge in [-0.3, -0.25) is 4.79 Å². The lowest BCUT2D eigenvalue weighted by Crippen LogP contribution is -2.25. The number of benzene rings is 1. The quantitative estimate of drug-likeness (QED) is 0.721. The molecular weight excluding hydrogens is 202 g/mol. The zero-order chi connectivity index (χ0) is 11.4. The summed E-state index contributed by atoms with van der Waals surface area (Å²) >= 11 is 0. The number of rotatable bonds is 2. The monoisotopic (exact) mass is 215 g/mol. The van der Waals surface area contributed by atoms with Gasteiger partial charge in [0.15, 0.2) is 0 Å². The van der Waals surface area contributed by atoms with E-state index in [9.17, 15) is 4.79 Å². The molecule has 0 aliphatic heterocycles. The Hall–Kier alpha value is -1.79. The van der Waals surface area contributed by atoms with Crippen LogP contribution in [0.2, 0.25) is 0 Å². The molecule has 1 aliphatic carbocycles. The second kappa shape index (κ2) is 4.82. The first-order valence-corrected chi connectivity index (χ1v) is 5.30. The molecule has 0 atom stereocenters. The number of amides is 1. The van der Waals surface area contributed by atoms with Gasteiger partial charge in [0.05, 0.1) is 0 Å². The number of aliphatic hydroxyl groups is 1. The van der Waals surface area contributed by atoms with Crippen LogP contribution in [0.3, 0.4) is 0 Å². The first-order chi connectivity index (χ1) is 7.79. The molecule has 1 aromatic carbocycles. The molecule has 0 bridgehead atoms. The Morgan fingerprint density at radius 1 is 1.38 bits per heavy atom. The number of carbonyl (C=O) groups is 1. The molecule has 0 saturated heterocycles. The fraction of sp³-hybridized carbons (Fsp3) is 0.308. The van der Waals surface area contributed by atoms with Crippen LogP contribution >= 0.6 is 0 Å². The standard InChI is InChI=1S/C13H13NO2/c15-9-1-2-10-3-5-11(6-4-10)13(16)14-12-7-8-12/h3-6,12,15H,7-9H2,(H,14,16). The van der Waals surface area contributed by atoms with E-state index in [1.165, 1.54) is 0 Å². The van der Waals surface area contributed by atoms with E-state index < -0.39 is 0 Å². The summed E-state index contributed by atoms with van der Waals surface area (Å²) in [4.78, 5) is 11.6. The van der Waals surface area contributed by atoms with Gasteiger partial charge >= 0.3 is 0 Å². The molecule has 0 unspecified atom stereocenters. The molecule has 1 fully saturated rings. The van der Waals surface area contributed by atoms with E-state index in [2.05, 4.69) is 17.2 Å². The number of nitrogens with one attached hydrogen (secondary N) is 1. The minimum Gasteiger partial charge on any atom is -0.384 e. The van der Waals surface area contributed by atoms with Crippen LogP contribution in [0.25, 0.3) is 0 Å². The highest BCUT2D eigenvalue weighted by molar-refractivity contribution is 5.94. The van der Waals surface area contributed by atoms with Gasteiger partial charge in [-0.2, -0.15) is 0 Å². The summed E-state index contributed by atoms with van der Waals surface area (Å²) in [7, 11) is 0. The molecule has 2 rings (SSSR count). The van der Waals surface area contributed by atoms with Crippen molar-refractivity contribution in [1.82, 2.24) is 5.32 Å². The molecule has 0 aromatic heterocycles. The minimum absolute atomic E-state index is 0.0239. The Balaban J connectivity index is 2.02. The fourth-order valence-electron chi connectivity index (χ4n) is 1.34. The predicted molar refractivity (Wildman–Crippen MR) is 60.9 cm³/mol. The highest BCUT2D eigenvalue weighted by Gasteiger charge is 2.23. The SMILES string of the molecule is O=C(NC1CC1)c1ccc(C#CCO)cc1. The van der Waals surface area contributed by atoms with Crippen molar-refractivity contribution in [2.75, 3.05) is 6.61 Å². The highest BCUT2D eigenvalue weighted by Crippen LogP contribution is 2.19. The largest absolute Gasteiger partial charge is 0.384 e. The van der Waals surface area contributed by atoms with Crippen LogP contribution in [0.4, 0.5) is 0 Å². The van der Waals surface area contributed by atoms with Crippen LogP contribution in [0.15, 0.2) is 24.3 Å². The van der Waals surface area contributed by atoms with Crippen LogP contribution in [0.5, 0.6) is 0 Å². The lowest BCUT2D eigenvalue weighted by atomic mass is 10.1. The van der Waals surface area contributed by atoms with Crippen LogP contribution in [0.1, 0.15) is 28.8 Å². The van der Waals surface area contributed by atoms with Gasteiger partial charge in [0.25, 0.3) is 5.91 Å². The van der Waals surface area contributed by atoms with Crippen molar-refractivity contribution in [3.05, 3.63) is 35.4 Å². The minimum atomic E-state index is -0.149. The molecule has 1 aromatic rings. The number of carbonyl (C=O) groups excluding carboxylic acids is 1. The van der Waals surface area contributed by atoms with Crippen LogP contribution < -0.4 is 5.32 Å². The summed E-state index contributed by atoms with van der Waals surface area (Å²) < 4.78 is 0. The molecule has 1 amide bonds. The van der Waals surface area contributed by atoms with Gasteiger partial charge in [0.2, 0.25) is 0 Å². The summed E-state index contributed by atoms with van der Waals surface area (Å²) in [6.07, 6.45) is 2.18. The fourth-order valence-corrected chi connectivity index (χ4v) is 1.34. The van der Waals surface area contributed by atoms with E-state index >= 15 is 0 Å². The van der Waals surface area contributed by atoms with Crippen molar-refractivity contribution in [3.8, 4) is 11.8 Å². The Bertz CT molecular complexity index is 435. The van der Waals surface area contributed by atoms with Crippen molar-refractivity contribution in [2.45, 2.75) is 18.9 Å². The summed E-state index contributed by atoms with van der Waals surface area (Å²) in [5.41, 5.74) is 1.46. The van der Waals surface area contributed by atoms with Gasteiger partial charge in [-0.05, 0) is 37.1 Å².